The molecule has 4 N–H and O–H groups in total. The first-order chi connectivity index (χ1) is 18.7. The van der Waals surface area contributed by atoms with Crippen LogP contribution < -0.4 is 16.0 Å². The highest BCUT2D eigenvalue weighted by Gasteiger charge is 2.51. The Morgan fingerprint density at radius 1 is 0.951 bits per heavy atom. The highest BCUT2D eigenvalue weighted by atomic mass is 35.5. The van der Waals surface area contributed by atoms with E-state index in [0.29, 0.717) is 11.3 Å². The zero-order chi connectivity index (χ0) is 31.4. The van der Waals surface area contributed by atoms with Crippen molar-refractivity contribution in [3.8, 4) is 0 Å². The molecule has 1 amide bonds. The quantitative estimate of drug-likeness (QED) is 0.0930. The fourth-order valence-electron chi connectivity index (χ4n) is 4.35. The number of nitrogens with one attached hydrogen (secondary N) is 1. The van der Waals surface area contributed by atoms with Gasteiger partial charge in [-0.2, -0.15) is 0 Å². The predicted molar refractivity (Wildman–Crippen MR) is 184 cm³/mol. The molecule has 0 bridgehead atoms. The SMILES string of the molecule is BC(B)(Cl)C(B)(B)N(c1ccc(CC(N)C(=O)NC(Cc2ccc(F)cc2)C(=O)OCC)cc1)C(B)(O)C(B)(B)Cl. The molecule has 0 aliphatic heterocycles. The van der Waals surface area contributed by atoms with Crippen molar-refractivity contribution in [2.75, 3.05) is 11.5 Å². The van der Waals surface area contributed by atoms with E-state index in [0.717, 1.165) is 5.56 Å². The Bertz CT molecular complexity index is 1170. The topological polar surface area (TPSA) is 105 Å². The lowest BCUT2D eigenvalue weighted by atomic mass is 9.40. The summed E-state index contributed by atoms with van der Waals surface area (Å²) in [5.41, 5.74) is 6.87. The van der Waals surface area contributed by atoms with Gasteiger partial charge in [-0.3, -0.25) is 4.79 Å². The van der Waals surface area contributed by atoms with Crippen LogP contribution in [0.5, 0.6) is 0 Å². The molecular weight excluding hydrogens is 560 g/mol. The summed E-state index contributed by atoms with van der Waals surface area (Å²) in [7, 11) is 12.8. The zero-order valence-electron chi connectivity index (χ0n) is 25.2. The Labute approximate surface area is 259 Å². The maximum absolute atomic E-state index is 13.3. The van der Waals surface area contributed by atoms with Crippen LogP contribution in [-0.2, 0) is 27.2 Å². The number of benzene rings is 2. The summed E-state index contributed by atoms with van der Waals surface area (Å²) in [6.07, 6.45) is 0.325. The normalized spacial score (nSPS) is 15.3. The van der Waals surface area contributed by atoms with Gasteiger partial charge in [0.1, 0.15) is 64.6 Å². The first-order valence-corrected chi connectivity index (χ1v) is 14.4. The molecule has 7 nitrogen and oxygen atoms in total. The van der Waals surface area contributed by atoms with Crippen molar-refractivity contribution in [3.63, 3.8) is 0 Å². The molecule has 2 aromatic rings. The fourth-order valence-corrected chi connectivity index (χ4v) is 4.52. The van der Waals surface area contributed by atoms with E-state index >= 15 is 0 Å². The molecular formula is C24H37B7Cl2FN3O4. The van der Waals surface area contributed by atoms with Crippen LogP contribution >= 0.6 is 23.2 Å². The molecule has 0 saturated carbocycles. The third kappa shape index (κ3) is 8.79. The monoisotopic (exact) mass is 597 g/mol. The number of anilines is 1. The van der Waals surface area contributed by atoms with Gasteiger partial charge >= 0.3 is 5.97 Å². The summed E-state index contributed by atoms with van der Waals surface area (Å²) in [4.78, 5) is 27.3. The lowest BCUT2D eigenvalue weighted by Crippen LogP contribution is -2.76. The van der Waals surface area contributed by atoms with Gasteiger partial charge < -0.3 is 25.8 Å². The molecule has 2 rings (SSSR count). The number of nitrogens with two attached hydrogens (primary N) is 1. The fraction of sp³-hybridized carbons (Fsp3) is 0.417. The molecule has 0 aromatic heterocycles. The van der Waals surface area contributed by atoms with Crippen LogP contribution in [0.1, 0.15) is 18.1 Å². The van der Waals surface area contributed by atoms with Gasteiger partial charge in [-0.15, -0.1) is 23.2 Å². The average Bonchev–Trinajstić information content (AvgIpc) is 2.84. The Morgan fingerprint density at radius 2 is 1.44 bits per heavy atom. The molecule has 0 heterocycles. The van der Waals surface area contributed by atoms with Crippen molar-refractivity contribution in [1.29, 1.82) is 0 Å². The van der Waals surface area contributed by atoms with Gasteiger partial charge in [0.05, 0.1) is 12.6 Å². The third-order valence-corrected chi connectivity index (χ3v) is 8.62. The van der Waals surface area contributed by atoms with Gasteiger partial charge in [-0.25, -0.2) is 9.18 Å². The summed E-state index contributed by atoms with van der Waals surface area (Å²) in [6.45, 7) is 1.82. The van der Waals surface area contributed by atoms with E-state index in [-0.39, 0.29) is 19.4 Å². The number of aliphatic hydroxyl groups is 1. The van der Waals surface area contributed by atoms with Gasteiger partial charge in [0.25, 0.3) is 0 Å². The Kier molecular flexibility index (Phi) is 11.7. The first-order valence-electron chi connectivity index (χ1n) is 13.7. The molecule has 3 unspecified atom stereocenters. The summed E-state index contributed by atoms with van der Waals surface area (Å²) < 4.78 is 16.7. The maximum atomic E-state index is 13.3. The number of nitrogens with zero attached hydrogens (tertiary/aromatic N) is 1. The number of ether oxygens (including phenoxy) is 1. The van der Waals surface area contributed by atoms with Crippen molar-refractivity contribution in [3.05, 3.63) is 65.5 Å². The summed E-state index contributed by atoms with van der Waals surface area (Å²) >= 11 is 13.5. The number of alkyl halides is 2. The summed E-state index contributed by atoms with van der Waals surface area (Å²) in [5.74, 6) is -1.51. The standard InChI is InChI=1S/C24H37B7Cl2FN3O4/c1-2-41-20(39)18(12-14-3-7-15(34)8-4-14)36-19(38)17(35)11-13-5-9-16(10-6-13)37(23(29,30)21(25,26)32)24(31,40)22(27,28)33/h3-10,17-18,40H,2,11-12,25-31,35H2,1H3,(H,36,38). The van der Waals surface area contributed by atoms with Gasteiger partial charge in [0.15, 0.2) is 7.85 Å². The molecule has 0 saturated heterocycles. The van der Waals surface area contributed by atoms with Crippen LogP contribution in [0, 0.1) is 5.82 Å². The van der Waals surface area contributed by atoms with Crippen LogP contribution in [-0.4, -0.2) is 111 Å². The number of hydrogen-bond acceptors (Lipinski definition) is 6. The van der Waals surface area contributed by atoms with Crippen LogP contribution in [0.4, 0.5) is 10.1 Å². The lowest BCUT2D eigenvalue weighted by molar-refractivity contribution is -0.147. The maximum Gasteiger partial charge on any atom is 0.328 e. The van der Waals surface area contributed by atoms with Crippen molar-refractivity contribution >= 4 is 95.7 Å². The van der Waals surface area contributed by atoms with E-state index in [2.05, 4.69) is 5.32 Å². The van der Waals surface area contributed by atoms with Crippen molar-refractivity contribution in [2.45, 2.75) is 52.2 Å². The predicted octanol–water partition coefficient (Wildman–Crippen LogP) is -4.69. The number of amides is 1. The van der Waals surface area contributed by atoms with E-state index < -0.39 is 50.1 Å². The van der Waals surface area contributed by atoms with Gasteiger partial charge in [0.2, 0.25) is 5.91 Å². The van der Waals surface area contributed by atoms with Crippen LogP contribution in [0.15, 0.2) is 48.5 Å². The minimum Gasteiger partial charge on any atom is -0.464 e. The molecule has 0 spiro atoms. The van der Waals surface area contributed by atoms with Crippen LogP contribution in [0.2, 0.25) is 0 Å². The summed E-state index contributed by atoms with van der Waals surface area (Å²) in [5, 5.41) is 13.6. The minimum atomic E-state index is -1.49. The first kappa shape index (κ1) is 35.3. The molecule has 214 valence electrons. The Hall–Kier alpha value is -1.94. The minimum absolute atomic E-state index is 0.131. The molecule has 0 aliphatic carbocycles. The van der Waals surface area contributed by atoms with Crippen LogP contribution in [0.25, 0.3) is 0 Å². The Balaban J connectivity index is 2.25. The number of esters is 1. The second-order valence-electron chi connectivity index (χ2n) is 12.0. The molecule has 0 radical (unpaired) electrons. The molecule has 0 aliphatic rings. The van der Waals surface area contributed by atoms with E-state index in [1.54, 1.807) is 42.6 Å². The average molecular weight is 597 g/mol. The van der Waals surface area contributed by atoms with Crippen LogP contribution in [0.3, 0.4) is 0 Å². The molecule has 41 heavy (non-hydrogen) atoms. The summed E-state index contributed by atoms with van der Waals surface area (Å²) in [6, 6.07) is 11.1. The number of carbonyl (C=O) groups is 2. The van der Waals surface area contributed by atoms with E-state index in [1.165, 1.54) is 12.1 Å². The van der Waals surface area contributed by atoms with Crippen molar-refractivity contribution < 1.29 is 23.8 Å². The molecule has 0 fully saturated rings. The van der Waals surface area contributed by atoms with E-state index in [4.69, 9.17) is 33.7 Å². The second-order valence-corrected chi connectivity index (χ2v) is 13.9. The lowest BCUT2D eigenvalue weighted by Gasteiger charge is -2.58. The second kappa shape index (κ2) is 13.6. The van der Waals surface area contributed by atoms with Crippen molar-refractivity contribution in [1.82, 2.24) is 5.32 Å². The largest absolute Gasteiger partial charge is 0.464 e. The van der Waals surface area contributed by atoms with Gasteiger partial charge in [-0.05, 0) is 58.7 Å². The van der Waals surface area contributed by atoms with Gasteiger partial charge in [-0.1, -0.05) is 24.3 Å². The molecule has 3 atom stereocenters. The highest BCUT2D eigenvalue weighted by molar-refractivity contribution is 6.71. The zero-order valence-corrected chi connectivity index (χ0v) is 26.7. The third-order valence-electron chi connectivity index (χ3n) is 7.80. The van der Waals surface area contributed by atoms with Gasteiger partial charge in [0, 0.05) is 16.8 Å². The van der Waals surface area contributed by atoms with Crippen molar-refractivity contribution in [2.24, 2.45) is 5.73 Å². The number of halogens is 3. The highest BCUT2D eigenvalue weighted by Crippen LogP contribution is 2.38. The number of rotatable bonds is 13. The number of hydrogen-bond donors (Lipinski definition) is 3. The molecule has 17 heteroatoms. The molecule has 2 aromatic carbocycles. The Morgan fingerprint density at radius 3 is 1.90 bits per heavy atom. The number of carbonyl (C=O) groups excluding carboxylic acids is 2. The smallest absolute Gasteiger partial charge is 0.328 e. The van der Waals surface area contributed by atoms with E-state index in [9.17, 15) is 19.1 Å². The van der Waals surface area contributed by atoms with E-state index in [1.807, 2.05) is 60.6 Å².